The molecule has 0 aliphatic heterocycles. The number of aromatic carboxylic acids is 1. The number of hydrogen-bond donors (Lipinski definition) is 1. The molecule has 5 nitrogen and oxygen atoms in total. The maximum atomic E-state index is 10.5. The number of nitrogens with zero attached hydrogens (tertiary/aromatic N) is 3. The van der Waals surface area contributed by atoms with E-state index in [0.717, 1.165) is 0 Å². The minimum atomic E-state index is -1.03. The Hall–Kier alpha value is -1.39. The highest BCUT2D eigenvalue weighted by Crippen LogP contribution is 2.01. The molecule has 0 aliphatic carbocycles. The first-order valence-corrected chi connectivity index (χ1v) is 3.72. The van der Waals surface area contributed by atoms with Crippen molar-refractivity contribution in [3.63, 3.8) is 0 Å². The topological polar surface area (TPSA) is 68.0 Å². The van der Waals surface area contributed by atoms with Crippen molar-refractivity contribution in [1.29, 1.82) is 0 Å². The van der Waals surface area contributed by atoms with Crippen LogP contribution in [0.4, 0.5) is 0 Å². The van der Waals surface area contributed by atoms with Gasteiger partial charge in [0.2, 0.25) is 5.82 Å². The van der Waals surface area contributed by atoms with Crippen molar-refractivity contribution in [3.8, 4) is 0 Å². The summed E-state index contributed by atoms with van der Waals surface area (Å²) >= 11 is 0. The van der Waals surface area contributed by atoms with Gasteiger partial charge < -0.3 is 9.67 Å². The first kappa shape index (κ1) is 8.70. The molecule has 0 atom stereocenters. The second kappa shape index (κ2) is 3.34. The van der Waals surface area contributed by atoms with Gasteiger partial charge in [-0.2, -0.15) is 0 Å². The second-order valence-electron chi connectivity index (χ2n) is 3.01. The summed E-state index contributed by atoms with van der Waals surface area (Å²) in [6, 6.07) is 0. The number of aromatic nitrogens is 3. The molecule has 5 heteroatoms. The highest BCUT2D eigenvalue weighted by atomic mass is 16.4. The lowest BCUT2D eigenvalue weighted by molar-refractivity contribution is 0.0676. The number of carbonyl (C=O) groups is 1. The summed E-state index contributed by atoms with van der Waals surface area (Å²) in [5.74, 6) is -0.643. The molecule has 1 heterocycles. The fourth-order valence-corrected chi connectivity index (χ4v) is 0.948. The molecular formula is C7H11N3O2. The Morgan fingerprint density at radius 2 is 2.42 bits per heavy atom. The molecule has 0 amide bonds. The van der Waals surface area contributed by atoms with Crippen LogP contribution in [0.2, 0.25) is 0 Å². The molecule has 12 heavy (non-hydrogen) atoms. The lowest BCUT2D eigenvalue weighted by Crippen LogP contribution is -2.12. The quantitative estimate of drug-likeness (QED) is 0.720. The molecule has 0 saturated carbocycles. The Bertz CT molecular complexity index is 280. The Balaban J connectivity index is 2.84. The third-order valence-electron chi connectivity index (χ3n) is 1.37. The van der Waals surface area contributed by atoms with Crippen molar-refractivity contribution in [2.75, 3.05) is 0 Å². The van der Waals surface area contributed by atoms with E-state index in [1.807, 2.05) is 13.8 Å². The van der Waals surface area contributed by atoms with Crippen molar-refractivity contribution in [2.45, 2.75) is 20.4 Å². The molecule has 1 N–H and O–H groups in total. The average Bonchev–Trinajstić information content (AvgIpc) is 2.33. The van der Waals surface area contributed by atoms with Crippen LogP contribution in [0.15, 0.2) is 6.33 Å². The van der Waals surface area contributed by atoms with E-state index in [0.29, 0.717) is 12.5 Å². The van der Waals surface area contributed by atoms with Crippen molar-refractivity contribution in [2.24, 2.45) is 5.92 Å². The van der Waals surface area contributed by atoms with Gasteiger partial charge in [0, 0.05) is 6.54 Å². The number of carboxylic acids is 1. The van der Waals surface area contributed by atoms with Crippen LogP contribution in [0.25, 0.3) is 0 Å². The Kier molecular flexibility index (Phi) is 2.42. The van der Waals surface area contributed by atoms with Crippen LogP contribution in [0.5, 0.6) is 0 Å². The van der Waals surface area contributed by atoms with Crippen LogP contribution in [0.3, 0.4) is 0 Å². The third kappa shape index (κ3) is 1.81. The van der Waals surface area contributed by atoms with Gasteiger partial charge in [-0.1, -0.05) is 13.8 Å². The molecule has 0 radical (unpaired) electrons. The van der Waals surface area contributed by atoms with Gasteiger partial charge in [-0.25, -0.2) is 4.79 Å². The van der Waals surface area contributed by atoms with Crippen LogP contribution in [-0.2, 0) is 6.54 Å². The minimum absolute atomic E-state index is 0.00343. The summed E-state index contributed by atoms with van der Waals surface area (Å²) < 4.78 is 1.53. The van der Waals surface area contributed by atoms with E-state index in [-0.39, 0.29) is 5.82 Å². The minimum Gasteiger partial charge on any atom is -0.475 e. The van der Waals surface area contributed by atoms with Gasteiger partial charge >= 0.3 is 5.97 Å². The van der Waals surface area contributed by atoms with E-state index in [9.17, 15) is 4.79 Å². The average molecular weight is 169 g/mol. The summed E-state index contributed by atoms with van der Waals surface area (Å²) in [6.07, 6.45) is 1.43. The number of rotatable bonds is 3. The molecule has 0 fully saturated rings. The number of hydrogen-bond acceptors (Lipinski definition) is 3. The van der Waals surface area contributed by atoms with Gasteiger partial charge in [0.15, 0.2) is 0 Å². The Morgan fingerprint density at radius 3 is 2.92 bits per heavy atom. The molecule has 0 unspecified atom stereocenters. The number of carboxylic acid groups (broad SMARTS) is 1. The zero-order valence-corrected chi connectivity index (χ0v) is 7.06. The summed E-state index contributed by atoms with van der Waals surface area (Å²) in [4.78, 5) is 10.5. The van der Waals surface area contributed by atoms with Crippen molar-refractivity contribution < 1.29 is 9.90 Å². The SMILES string of the molecule is CC(C)Cn1cnnc1C(=O)O. The van der Waals surface area contributed by atoms with Crippen LogP contribution in [-0.4, -0.2) is 25.8 Å². The normalized spacial score (nSPS) is 10.6. The van der Waals surface area contributed by atoms with Gasteiger partial charge in [0.1, 0.15) is 6.33 Å². The van der Waals surface area contributed by atoms with Gasteiger partial charge in [0.25, 0.3) is 0 Å². The molecule has 0 saturated heterocycles. The summed E-state index contributed by atoms with van der Waals surface area (Å²) in [7, 11) is 0. The van der Waals surface area contributed by atoms with Gasteiger partial charge in [-0.05, 0) is 5.92 Å². The predicted molar refractivity (Wildman–Crippen MR) is 41.8 cm³/mol. The Labute approximate surface area is 70.0 Å². The monoisotopic (exact) mass is 169 g/mol. The lowest BCUT2D eigenvalue weighted by atomic mass is 10.2. The molecule has 0 spiro atoms. The van der Waals surface area contributed by atoms with E-state index in [1.54, 1.807) is 0 Å². The zero-order valence-electron chi connectivity index (χ0n) is 7.06. The first-order valence-electron chi connectivity index (χ1n) is 3.72. The molecule has 1 aromatic heterocycles. The highest BCUT2D eigenvalue weighted by Gasteiger charge is 2.12. The van der Waals surface area contributed by atoms with Crippen LogP contribution >= 0.6 is 0 Å². The van der Waals surface area contributed by atoms with Crippen molar-refractivity contribution in [3.05, 3.63) is 12.2 Å². The molecule has 0 bridgehead atoms. The van der Waals surface area contributed by atoms with E-state index >= 15 is 0 Å². The fraction of sp³-hybridized carbons (Fsp3) is 0.571. The maximum Gasteiger partial charge on any atom is 0.374 e. The second-order valence-corrected chi connectivity index (χ2v) is 3.01. The summed E-state index contributed by atoms with van der Waals surface area (Å²) in [5, 5.41) is 15.7. The molecule has 66 valence electrons. The largest absolute Gasteiger partial charge is 0.475 e. The van der Waals surface area contributed by atoms with Gasteiger partial charge in [-0.3, -0.25) is 0 Å². The van der Waals surface area contributed by atoms with Crippen molar-refractivity contribution >= 4 is 5.97 Å². The predicted octanol–water partition coefficient (Wildman–Crippen LogP) is 0.632. The zero-order chi connectivity index (χ0) is 9.14. The highest BCUT2D eigenvalue weighted by molar-refractivity contribution is 5.83. The van der Waals surface area contributed by atoms with E-state index in [1.165, 1.54) is 10.9 Å². The van der Waals surface area contributed by atoms with Gasteiger partial charge in [-0.15, -0.1) is 10.2 Å². The molecule has 1 aromatic rings. The van der Waals surface area contributed by atoms with Crippen molar-refractivity contribution in [1.82, 2.24) is 14.8 Å². The summed E-state index contributed by atoms with van der Waals surface area (Å²) in [5.41, 5.74) is 0. The molecule has 0 aliphatic rings. The summed E-state index contributed by atoms with van der Waals surface area (Å²) in [6.45, 7) is 4.64. The van der Waals surface area contributed by atoms with E-state index in [4.69, 9.17) is 5.11 Å². The van der Waals surface area contributed by atoms with Crippen LogP contribution in [0, 0.1) is 5.92 Å². The molecule has 1 rings (SSSR count). The Morgan fingerprint density at radius 1 is 1.75 bits per heavy atom. The van der Waals surface area contributed by atoms with E-state index < -0.39 is 5.97 Å². The van der Waals surface area contributed by atoms with Crippen LogP contribution < -0.4 is 0 Å². The maximum absolute atomic E-state index is 10.5. The van der Waals surface area contributed by atoms with Crippen LogP contribution in [0.1, 0.15) is 24.5 Å². The van der Waals surface area contributed by atoms with Gasteiger partial charge in [0.05, 0.1) is 0 Å². The smallest absolute Gasteiger partial charge is 0.374 e. The third-order valence-corrected chi connectivity index (χ3v) is 1.37. The standard InChI is InChI=1S/C7H11N3O2/c1-5(2)3-10-4-8-9-6(10)7(11)12/h4-5H,3H2,1-2H3,(H,11,12). The fourth-order valence-electron chi connectivity index (χ4n) is 0.948. The molecule has 0 aromatic carbocycles. The lowest BCUT2D eigenvalue weighted by Gasteiger charge is -2.05. The molecular weight excluding hydrogens is 158 g/mol. The first-order chi connectivity index (χ1) is 5.61. The van der Waals surface area contributed by atoms with E-state index in [2.05, 4.69) is 10.2 Å².